The molecule has 2 aliphatic heterocycles. The first-order valence-corrected chi connectivity index (χ1v) is 4.48. The molecule has 3 unspecified atom stereocenters. The average Bonchev–Trinajstić information content (AvgIpc) is 2.04. The standard InChI is InChI=1S/C8H16N2O/c11-8-3-6-1-2-9-4-7(6)5-10-8/h6-11H,1-5H2. The van der Waals surface area contributed by atoms with E-state index in [9.17, 15) is 5.11 Å². The van der Waals surface area contributed by atoms with Crippen LogP contribution in [0, 0.1) is 11.8 Å². The van der Waals surface area contributed by atoms with Crippen molar-refractivity contribution in [1.82, 2.24) is 10.6 Å². The van der Waals surface area contributed by atoms with Crippen LogP contribution in [-0.4, -0.2) is 31.0 Å². The first-order chi connectivity index (χ1) is 5.36. The molecular formula is C8H16N2O. The van der Waals surface area contributed by atoms with Gasteiger partial charge >= 0.3 is 0 Å². The van der Waals surface area contributed by atoms with E-state index < -0.39 is 0 Å². The molecule has 64 valence electrons. The number of aliphatic hydroxyl groups excluding tert-OH is 1. The molecule has 0 aliphatic carbocycles. The highest BCUT2D eigenvalue weighted by atomic mass is 16.3. The third-order valence-corrected chi connectivity index (χ3v) is 2.91. The Morgan fingerprint density at radius 2 is 2.09 bits per heavy atom. The van der Waals surface area contributed by atoms with E-state index in [0.717, 1.165) is 37.9 Å². The molecule has 0 spiro atoms. The highest BCUT2D eigenvalue weighted by Gasteiger charge is 2.30. The minimum Gasteiger partial charge on any atom is -0.379 e. The van der Waals surface area contributed by atoms with Gasteiger partial charge in [-0.05, 0) is 37.8 Å². The highest BCUT2D eigenvalue weighted by molar-refractivity contribution is 4.84. The van der Waals surface area contributed by atoms with Crippen molar-refractivity contribution in [3.05, 3.63) is 0 Å². The molecule has 3 atom stereocenters. The maximum atomic E-state index is 9.32. The smallest absolute Gasteiger partial charge is 0.105 e. The number of nitrogens with one attached hydrogen (secondary N) is 2. The summed E-state index contributed by atoms with van der Waals surface area (Å²) in [6.07, 6.45) is 1.95. The Labute approximate surface area is 67.2 Å². The molecular weight excluding hydrogens is 140 g/mol. The van der Waals surface area contributed by atoms with Crippen molar-refractivity contribution in [2.45, 2.75) is 19.1 Å². The van der Waals surface area contributed by atoms with Crippen molar-refractivity contribution in [3.63, 3.8) is 0 Å². The van der Waals surface area contributed by atoms with Gasteiger partial charge in [-0.15, -0.1) is 0 Å². The van der Waals surface area contributed by atoms with Crippen LogP contribution in [0.15, 0.2) is 0 Å². The maximum absolute atomic E-state index is 9.32. The molecule has 2 saturated heterocycles. The van der Waals surface area contributed by atoms with Crippen molar-refractivity contribution < 1.29 is 5.11 Å². The van der Waals surface area contributed by atoms with Gasteiger partial charge in [-0.1, -0.05) is 0 Å². The number of aliphatic hydroxyl groups is 1. The fourth-order valence-corrected chi connectivity index (χ4v) is 2.18. The van der Waals surface area contributed by atoms with E-state index in [-0.39, 0.29) is 6.23 Å². The van der Waals surface area contributed by atoms with Crippen LogP contribution in [0.1, 0.15) is 12.8 Å². The van der Waals surface area contributed by atoms with E-state index in [1.165, 1.54) is 6.42 Å². The normalized spacial score (nSPS) is 45.0. The van der Waals surface area contributed by atoms with E-state index in [0.29, 0.717) is 0 Å². The van der Waals surface area contributed by atoms with Crippen molar-refractivity contribution in [2.24, 2.45) is 11.8 Å². The van der Waals surface area contributed by atoms with Crippen LogP contribution in [0.4, 0.5) is 0 Å². The van der Waals surface area contributed by atoms with Crippen LogP contribution >= 0.6 is 0 Å². The summed E-state index contributed by atoms with van der Waals surface area (Å²) in [5.74, 6) is 1.51. The first kappa shape index (κ1) is 7.53. The topological polar surface area (TPSA) is 44.3 Å². The summed E-state index contributed by atoms with van der Waals surface area (Å²) < 4.78 is 0. The number of piperidine rings is 2. The van der Waals surface area contributed by atoms with Gasteiger partial charge in [0.1, 0.15) is 6.23 Å². The number of fused-ring (bicyclic) bond motifs is 1. The summed E-state index contributed by atoms with van der Waals surface area (Å²) >= 11 is 0. The number of rotatable bonds is 0. The molecule has 3 nitrogen and oxygen atoms in total. The van der Waals surface area contributed by atoms with Crippen LogP contribution < -0.4 is 10.6 Å². The summed E-state index contributed by atoms with van der Waals surface area (Å²) in [7, 11) is 0. The summed E-state index contributed by atoms with van der Waals surface area (Å²) in [4.78, 5) is 0. The van der Waals surface area contributed by atoms with Gasteiger partial charge in [-0.2, -0.15) is 0 Å². The van der Waals surface area contributed by atoms with E-state index >= 15 is 0 Å². The molecule has 3 heteroatoms. The Bertz CT molecular complexity index is 140. The molecule has 0 aromatic carbocycles. The van der Waals surface area contributed by atoms with E-state index in [2.05, 4.69) is 10.6 Å². The number of hydrogen-bond donors (Lipinski definition) is 3. The van der Waals surface area contributed by atoms with Crippen molar-refractivity contribution in [1.29, 1.82) is 0 Å². The first-order valence-electron chi connectivity index (χ1n) is 4.48. The molecule has 3 N–H and O–H groups in total. The Balaban J connectivity index is 1.93. The lowest BCUT2D eigenvalue weighted by atomic mass is 9.81. The number of hydrogen-bond acceptors (Lipinski definition) is 3. The lowest BCUT2D eigenvalue weighted by Crippen LogP contribution is -2.50. The molecule has 2 rings (SSSR count). The SMILES string of the molecule is OC1CC2CCNCC2CN1. The Morgan fingerprint density at radius 1 is 1.18 bits per heavy atom. The van der Waals surface area contributed by atoms with Crippen molar-refractivity contribution in [3.8, 4) is 0 Å². The molecule has 0 radical (unpaired) electrons. The zero-order chi connectivity index (χ0) is 7.68. The van der Waals surface area contributed by atoms with Gasteiger partial charge in [0.25, 0.3) is 0 Å². The molecule has 0 aromatic rings. The van der Waals surface area contributed by atoms with Gasteiger partial charge in [-0.3, -0.25) is 5.32 Å². The fraction of sp³-hybridized carbons (Fsp3) is 1.00. The van der Waals surface area contributed by atoms with Gasteiger partial charge in [0.05, 0.1) is 0 Å². The molecule has 2 fully saturated rings. The van der Waals surface area contributed by atoms with Crippen LogP contribution in [0.3, 0.4) is 0 Å². The zero-order valence-electron chi connectivity index (χ0n) is 6.71. The van der Waals surface area contributed by atoms with Crippen molar-refractivity contribution in [2.75, 3.05) is 19.6 Å². The molecule has 0 amide bonds. The third-order valence-electron chi connectivity index (χ3n) is 2.91. The molecule has 11 heavy (non-hydrogen) atoms. The van der Waals surface area contributed by atoms with Gasteiger partial charge < -0.3 is 10.4 Å². The summed E-state index contributed by atoms with van der Waals surface area (Å²) in [6.45, 7) is 3.25. The van der Waals surface area contributed by atoms with Gasteiger partial charge in [0, 0.05) is 6.54 Å². The lowest BCUT2D eigenvalue weighted by Gasteiger charge is -2.38. The maximum Gasteiger partial charge on any atom is 0.105 e. The molecule has 0 saturated carbocycles. The predicted octanol–water partition coefficient (Wildman–Crippen LogP) is -0.476. The van der Waals surface area contributed by atoms with Crippen molar-refractivity contribution >= 4 is 0 Å². The Morgan fingerprint density at radius 3 is 3.00 bits per heavy atom. The summed E-state index contributed by atoms with van der Waals surface area (Å²) in [5.41, 5.74) is 0. The molecule has 0 aromatic heterocycles. The van der Waals surface area contributed by atoms with Crippen LogP contribution in [0.25, 0.3) is 0 Å². The third kappa shape index (κ3) is 1.55. The van der Waals surface area contributed by atoms with E-state index in [1.807, 2.05) is 0 Å². The van der Waals surface area contributed by atoms with Crippen LogP contribution in [0.2, 0.25) is 0 Å². The largest absolute Gasteiger partial charge is 0.379 e. The summed E-state index contributed by atoms with van der Waals surface area (Å²) in [5, 5.41) is 15.8. The van der Waals surface area contributed by atoms with Gasteiger partial charge in [0.15, 0.2) is 0 Å². The second-order valence-electron chi connectivity index (χ2n) is 3.67. The Hall–Kier alpha value is -0.120. The second kappa shape index (κ2) is 3.09. The average molecular weight is 156 g/mol. The zero-order valence-corrected chi connectivity index (χ0v) is 6.71. The lowest BCUT2D eigenvalue weighted by molar-refractivity contribution is 0.0409. The molecule has 2 aliphatic rings. The monoisotopic (exact) mass is 156 g/mol. The second-order valence-corrected chi connectivity index (χ2v) is 3.67. The minimum absolute atomic E-state index is 0.241. The Kier molecular flexibility index (Phi) is 2.11. The van der Waals surface area contributed by atoms with Crippen LogP contribution in [-0.2, 0) is 0 Å². The quantitative estimate of drug-likeness (QED) is 0.444. The summed E-state index contributed by atoms with van der Waals surface area (Å²) in [6, 6.07) is 0. The predicted molar refractivity (Wildman–Crippen MR) is 43.1 cm³/mol. The van der Waals surface area contributed by atoms with Crippen LogP contribution in [0.5, 0.6) is 0 Å². The fourth-order valence-electron chi connectivity index (χ4n) is 2.18. The van der Waals surface area contributed by atoms with E-state index in [1.54, 1.807) is 0 Å². The minimum atomic E-state index is -0.241. The van der Waals surface area contributed by atoms with E-state index in [4.69, 9.17) is 0 Å². The molecule has 2 heterocycles. The highest BCUT2D eigenvalue weighted by Crippen LogP contribution is 2.26. The van der Waals surface area contributed by atoms with Gasteiger partial charge in [0.2, 0.25) is 0 Å². The molecule has 0 bridgehead atoms. The van der Waals surface area contributed by atoms with Gasteiger partial charge in [-0.25, -0.2) is 0 Å².